The van der Waals surface area contributed by atoms with Crippen LogP contribution >= 0.6 is 11.3 Å². The summed E-state index contributed by atoms with van der Waals surface area (Å²) in [6.45, 7) is 1.84. The SMILES string of the molecule is CCOC(=O)Cn1c(=NC(=O)c2cccc(OC)c2)sc2cc(C(=O)OC)ccc21. The van der Waals surface area contributed by atoms with Crippen molar-refractivity contribution in [3.05, 3.63) is 58.4 Å². The number of aromatic nitrogens is 1. The summed E-state index contributed by atoms with van der Waals surface area (Å²) in [6, 6.07) is 11.6. The van der Waals surface area contributed by atoms with E-state index in [9.17, 15) is 14.4 Å². The fraction of sp³-hybridized carbons (Fsp3) is 0.238. The molecular formula is C21H20N2O6S. The third-order valence-electron chi connectivity index (χ3n) is 4.21. The Bertz CT molecular complexity index is 1180. The fourth-order valence-electron chi connectivity index (χ4n) is 2.80. The predicted molar refractivity (Wildman–Crippen MR) is 111 cm³/mol. The minimum absolute atomic E-state index is 0.115. The van der Waals surface area contributed by atoms with Gasteiger partial charge in [-0.1, -0.05) is 17.4 Å². The number of carbonyl (C=O) groups excluding carboxylic acids is 3. The Morgan fingerprint density at radius 1 is 1.07 bits per heavy atom. The highest BCUT2D eigenvalue weighted by Gasteiger charge is 2.15. The van der Waals surface area contributed by atoms with E-state index in [1.807, 2.05) is 0 Å². The Hall–Kier alpha value is -3.46. The van der Waals surface area contributed by atoms with E-state index in [4.69, 9.17) is 14.2 Å². The highest BCUT2D eigenvalue weighted by molar-refractivity contribution is 7.16. The molecule has 1 heterocycles. The number of ether oxygens (including phenoxy) is 3. The van der Waals surface area contributed by atoms with E-state index in [1.165, 1.54) is 25.6 Å². The summed E-state index contributed by atoms with van der Waals surface area (Å²) in [6.07, 6.45) is 0. The summed E-state index contributed by atoms with van der Waals surface area (Å²) in [5.41, 5.74) is 1.36. The van der Waals surface area contributed by atoms with Crippen molar-refractivity contribution in [1.29, 1.82) is 0 Å². The topological polar surface area (TPSA) is 96.2 Å². The summed E-state index contributed by atoms with van der Waals surface area (Å²) >= 11 is 1.19. The van der Waals surface area contributed by atoms with Crippen molar-refractivity contribution in [3.63, 3.8) is 0 Å². The Morgan fingerprint density at radius 2 is 1.87 bits per heavy atom. The van der Waals surface area contributed by atoms with E-state index in [1.54, 1.807) is 54.0 Å². The second kappa shape index (κ2) is 9.36. The molecule has 156 valence electrons. The lowest BCUT2D eigenvalue weighted by Crippen LogP contribution is -2.23. The second-order valence-corrected chi connectivity index (χ2v) is 7.11. The highest BCUT2D eigenvalue weighted by atomic mass is 32.1. The van der Waals surface area contributed by atoms with E-state index < -0.39 is 17.8 Å². The van der Waals surface area contributed by atoms with Crippen LogP contribution in [0.15, 0.2) is 47.5 Å². The molecule has 0 fully saturated rings. The Kier molecular flexibility index (Phi) is 6.63. The molecule has 0 unspecified atom stereocenters. The Balaban J connectivity index is 2.12. The minimum atomic E-state index is -0.480. The smallest absolute Gasteiger partial charge is 0.337 e. The van der Waals surface area contributed by atoms with Gasteiger partial charge < -0.3 is 18.8 Å². The standard InChI is InChI=1S/C21H20N2O6S/c1-4-29-18(24)12-23-16-9-8-14(20(26)28-3)11-17(16)30-21(23)22-19(25)13-6-5-7-15(10-13)27-2/h5-11H,4,12H2,1-3H3. The van der Waals surface area contributed by atoms with Gasteiger partial charge in [0.1, 0.15) is 12.3 Å². The molecule has 9 heteroatoms. The van der Waals surface area contributed by atoms with Crippen molar-refractivity contribution >= 4 is 39.4 Å². The lowest BCUT2D eigenvalue weighted by atomic mass is 10.2. The normalized spacial score (nSPS) is 11.4. The molecular weight excluding hydrogens is 408 g/mol. The third kappa shape index (κ3) is 4.57. The third-order valence-corrected chi connectivity index (χ3v) is 5.25. The molecule has 1 amide bonds. The van der Waals surface area contributed by atoms with Gasteiger partial charge in [0.25, 0.3) is 5.91 Å². The molecule has 0 aliphatic carbocycles. The number of hydrogen-bond acceptors (Lipinski definition) is 7. The van der Waals surface area contributed by atoms with Crippen LogP contribution in [0, 0.1) is 0 Å². The van der Waals surface area contributed by atoms with Gasteiger partial charge in [-0.3, -0.25) is 9.59 Å². The quantitative estimate of drug-likeness (QED) is 0.560. The van der Waals surface area contributed by atoms with Gasteiger partial charge in [0.15, 0.2) is 4.80 Å². The van der Waals surface area contributed by atoms with E-state index >= 15 is 0 Å². The molecule has 30 heavy (non-hydrogen) atoms. The first-order valence-electron chi connectivity index (χ1n) is 9.07. The molecule has 3 rings (SSSR count). The van der Waals surface area contributed by atoms with Crippen LogP contribution < -0.4 is 9.54 Å². The fourth-order valence-corrected chi connectivity index (χ4v) is 3.87. The first kappa shape index (κ1) is 21.3. The lowest BCUT2D eigenvalue weighted by molar-refractivity contribution is -0.143. The maximum Gasteiger partial charge on any atom is 0.337 e. The van der Waals surface area contributed by atoms with Crippen LogP contribution in [0.25, 0.3) is 10.2 Å². The first-order chi connectivity index (χ1) is 14.5. The van der Waals surface area contributed by atoms with Crippen molar-refractivity contribution < 1.29 is 28.6 Å². The molecule has 0 saturated heterocycles. The summed E-state index contributed by atoms with van der Waals surface area (Å²) in [4.78, 5) is 41.2. The monoisotopic (exact) mass is 428 g/mol. The zero-order valence-electron chi connectivity index (χ0n) is 16.7. The number of benzene rings is 2. The summed E-state index contributed by atoms with van der Waals surface area (Å²) in [7, 11) is 2.81. The van der Waals surface area contributed by atoms with Gasteiger partial charge in [0.2, 0.25) is 0 Å². The molecule has 8 nitrogen and oxygen atoms in total. The number of nitrogens with zero attached hydrogens (tertiary/aromatic N) is 2. The van der Waals surface area contributed by atoms with Gasteiger partial charge in [-0.15, -0.1) is 0 Å². The van der Waals surface area contributed by atoms with Crippen molar-refractivity contribution in [2.45, 2.75) is 13.5 Å². The summed E-state index contributed by atoms with van der Waals surface area (Å²) < 4.78 is 17.2. The summed E-state index contributed by atoms with van der Waals surface area (Å²) in [5, 5.41) is 0. The molecule has 0 aliphatic rings. The molecule has 0 saturated carbocycles. The van der Waals surface area contributed by atoms with Gasteiger partial charge in [-0.2, -0.15) is 4.99 Å². The van der Waals surface area contributed by atoms with E-state index in [2.05, 4.69) is 4.99 Å². The van der Waals surface area contributed by atoms with Gasteiger partial charge >= 0.3 is 11.9 Å². The molecule has 2 aromatic carbocycles. The number of fused-ring (bicyclic) bond motifs is 1. The largest absolute Gasteiger partial charge is 0.497 e. The number of amides is 1. The van der Waals surface area contributed by atoms with Crippen LogP contribution in [0.4, 0.5) is 0 Å². The van der Waals surface area contributed by atoms with Crippen molar-refractivity contribution in [3.8, 4) is 5.75 Å². The van der Waals surface area contributed by atoms with Crippen molar-refractivity contribution in [2.75, 3.05) is 20.8 Å². The van der Waals surface area contributed by atoms with Crippen molar-refractivity contribution in [2.24, 2.45) is 4.99 Å². The molecule has 1 aromatic heterocycles. The number of methoxy groups -OCH3 is 2. The van der Waals surface area contributed by atoms with Crippen LogP contribution in [0.5, 0.6) is 5.75 Å². The number of thiazole rings is 1. The molecule has 0 radical (unpaired) electrons. The van der Waals surface area contributed by atoms with E-state index in [-0.39, 0.29) is 13.2 Å². The zero-order valence-corrected chi connectivity index (χ0v) is 17.5. The first-order valence-corrected chi connectivity index (χ1v) is 9.89. The summed E-state index contributed by atoms with van der Waals surface area (Å²) in [5.74, 6) is -0.876. The van der Waals surface area contributed by atoms with Crippen LogP contribution in [-0.2, 0) is 20.8 Å². The Labute approximate surface area is 176 Å². The van der Waals surface area contributed by atoms with Crippen LogP contribution in [-0.4, -0.2) is 43.2 Å². The number of hydrogen-bond donors (Lipinski definition) is 0. The average molecular weight is 428 g/mol. The lowest BCUT2D eigenvalue weighted by Gasteiger charge is -2.06. The number of esters is 2. The van der Waals surface area contributed by atoms with Gasteiger partial charge in [-0.25, -0.2) is 4.79 Å². The molecule has 3 aromatic rings. The molecule has 0 N–H and O–H groups in total. The molecule has 0 atom stereocenters. The number of carbonyl (C=O) groups is 3. The van der Waals surface area contributed by atoms with Crippen LogP contribution in [0.2, 0.25) is 0 Å². The number of rotatable bonds is 6. The predicted octanol–water partition coefficient (Wildman–Crippen LogP) is 2.80. The molecule has 0 spiro atoms. The zero-order chi connectivity index (χ0) is 21.7. The Morgan fingerprint density at radius 3 is 2.57 bits per heavy atom. The van der Waals surface area contributed by atoms with Crippen LogP contribution in [0.1, 0.15) is 27.6 Å². The maximum atomic E-state index is 12.7. The van der Waals surface area contributed by atoms with Gasteiger partial charge in [0, 0.05) is 5.56 Å². The van der Waals surface area contributed by atoms with Crippen molar-refractivity contribution in [1.82, 2.24) is 4.57 Å². The minimum Gasteiger partial charge on any atom is -0.497 e. The van der Waals surface area contributed by atoms with Gasteiger partial charge in [-0.05, 0) is 43.3 Å². The second-order valence-electron chi connectivity index (χ2n) is 6.10. The van der Waals surface area contributed by atoms with Crippen LogP contribution in [0.3, 0.4) is 0 Å². The highest BCUT2D eigenvalue weighted by Crippen LogP contribution is 2.20. The molecule has 0 aliphatic heterocycles. The maximum absolute atomic E-state index is 12.7. The van der Waals surface area contributed by atoms with Gasteiger partial charge in [0.05, 0.1) is 36.6 Å². The average Bonchev–Trinajstić information content (AvgIpc) is 3.09. The van der Waals surface area contributed by atoms with E-state index in [0.29, 0.717) is 31.9 Å². The van der Waals surface area contributed by atoms with E-state index in [0.717, 1.165) is 0 Å². The molecule has 0 bridgehead atoms.